The van der Waals surface area contributed by atoms with E-state index in [4.69, 9.17) is 37.4 Å². The number of hydrogen-bond acceptors (Lipinski definition) is 5. The van der Waals surface area contributed by atoms with E-state index in [1.54, 1.807) is 48.5 Å². The molecule has 8 heteroatoms. The van der Waals surface area contributed by atoms with Crippen LogP contribution in [0.5, 0.6) is 11.5 Å². The maximum Gasteiger partial charge on any atom is 0.363 e. The zero-order valence-corrected chi connectivity index (χ0v) is 19.0. The summed E-state index contributed by atoms with van der Waals surface area (Å²) in [6.07, 6.45) is 1.54. The highest BCUT2D eigenvalue weighted by atomic mass is 35.5. The minimum Gasteiger partial charge on any atom is -0.490 e. The van der Waals surface area contributed by atoms with E-state index in [9.17, 15) is 9.18 Å². The van der Waals surface area contributed by atoms with Crippen LogP contribution in [0.25, 0.3) is 6.08 Å². The molecule has 3 aromatic rings. The van der Waals surface area contributed by atoms with Gasteiger partial charge in [0.25, 0.3) is 0 Å². The third kappa shape index (κ3) is 5.35. The first-order chi connectivity index (χ1) is 15.9. The molecule has 0 amide bonds. The molecule has 0 bridgehead atoms. The lowest BCUT2D eigenvalue weighted by atomic mass is 10.1. The Morgan fingerprint density at radius 2 is 1.85 bits per heavy atom. The molecule has 4 rings (SSSR count). The van der Waals surface area contributed by atoms with Gasteiger partial charge in [0, 0.05) is 0 Å². The Labute approximate surface area is 200 Å². The molecule has 0 N–H and O–H groups in total. The summed E-state index contributed by atoms with van der Waals surface area (Å²) in [5, 5.41) is 0.692. The predicted octanol–water partition coefficient (Wildman–Crippen LogP) is 6.45. The highest BCUT2D eigenvalue weighted by molar-refractivity contribution is 6.34. The average molecular weight is 486 g/mol. The normalized spacial score (nSPS) is 14.2. The Balaban J connectivity index is 1.62. The Morgan fingerprint density at radius 1 is 1.03 bits per heavy atom. The summed E-state index contributed by atoms with van der Waals surface area (Å²) in [7, 11) is 0. The molecule has 1 aliphatic rings. The van der Waals surface area contributed by atoms with Crippen LogP contribution in [0.15, 0.2) is 71.4 Å². The van der Waals surface area contributed by atoms with Crippen molar-refractivity contribution < 1.29 is 23.4 Å². The zero-order valence-electron chi connectivity index (χ0n) is 17.5. The Hall–Kier alpha value is -3.35. The number of halogens is 3. The summed E-state index contributed by atoms with van der Waals surface area (Å²) in [5.74, 6) is -0.128. The summed E-state index contributed by atoms with van der Waals surface area (Å²) in [6, 6.07) is 16.3. The van der Waals surface area contributed by atoms with Crippen LogP contribution in [0.4, 0.5) is 4.39 Å². The lowest BCUT2D eigenvalue weighted by Crippen LogP contribution is -2.05. The van der Waals surface area contributed by atoms with Gasteiger partial charge in [-0.2, -0.15) is 0 Å². The second-order valence-electron chi connectivity index (χ2n) is 7.00. The summed E-state index contributed by atoms with van der Waals surface area (Å²) < 4.78 is 30.2. The van der Waals surface area contributed by atoms with Crippen molar-refractivity contribution >= 4 is 41.1 Å². The first kappa shape index (κ1) is 22.8. The van der Waals surface area contributed by atoms with E-state index >= 15 is 0 Å². The quantitative estimate of drug-likeness (QED) is 0.284. The van der Waals surface area contributed by atoms with Crippen LogP contribution in [0, 0.1) is 5.82 Å². The third-order valence-electron chi connectivity index (χ3n) is 4.63. The molecule has 0 atom stereocenters. The van der Waals surface area contributed by atoms with Crippen molar-refractivity contribution in [2.75, 3.05) is 6.61 Å². The summed E-state index contributed by atoms with van der Waals surface area (Å²) in [4.78, 5) is 16.6. The van der Waals surface area contributed by atoms with Gasteiger partial charge in [-0.3, -0.25) is 0 Å². The Morgan fingerprint density at radius 3 is 2.61 bits per heavy atom. The SMILES string of the molecule is CCOc1cc(/C=C2\N=C(c3ccccc3Cl)OC2=O)cc(Cl)c1OCc1cccc(F)c1. The number of cyclic esters (lactones) is 1. The van der Waals surface area contributed by atoms with Gasteiger partial charge in [-0.1, -0.05) is 47.5 Å². The van der Waals surface area contributed by atoms with Gasteiger partial charge in [0.2, 0.25) is 5.90 Å². The molecular formula is C25H18Cl2FNO4. The number of carbonyl (C=O) groups is 1. The smallest absolute Gasteiger partial charge is 0.363 e. The van der Waals surface area contributed by atoms with Crippen LogP contribution in [-0.2, 0) is 16.1 Å². The minimum absolute atomic E-state index is 0.0943. The van der Waals surface area contributed by atoms with Crippen molar-refractivity contribution in [3.63, 3.8) is 0 Å². The number of hydrogen-bond donors (Lipinski definition) is 0. The third-order valence-corrected chi connectivity index (χ3v) is 5.24. The largest absolute Gasteiger partial charge is 0.490 e. The molecule has 0 saturated heterocycles. The number of ether oxygens (including phenoxy) is 3. The fourth-order valence-electron chi connectivity index (χ4n) is 3.17. The molecule has 3 aromatic carbocycles. The summed E-state index contributed by atoms with van der Waals surface area (Å²) in [6.45, 7) is 2.29. The summed E-state index contributed by atoms with van der Waals surface area (Å²) in [5.41, 5.74) is 1.83. The van der Waals surface area contributed by atoms with Crippen molar-refractivity contribution in [3.8, 4) is 11.5 Å². The van der Waals surface area contributed by atoms with Crippen molar-refractivity contribution in [2.24, 2.45) is 4.99 Å². The topological polar surface area (TPSA) is 57.1 Å². The van der Waals surface area contributed by atoms with Crippen LogP contribution in [0.1, 0.15) is 23.6 Å². The van der Waals surface area contributed by atoms with Gasteiger partial charge < -0.3 is 14.2 Å². The molecule has 0 saturated carbocycles. The first-order valence-corrected chi connectivity index (χ1v) is 10.8. The number of carbonyl (C=O) groups excluding carboxylic acids is 1. The van der Waals surface area contributed by atoms with Crippen LogP contribution >= 0.6 is 23.2 Å². The Kier molecular flexibility index (Phi) is 6.96. The average Bonchev–Trinajstić information content (AvgIpc) is 3.13. The molecule has 0 aromatic heterocycles. The monoisotopic (exact) mass is 485 g/mol. The molecule has 0 spiro atoms. The van der Waals surface area contributed by atoms with Crippen LogP contribution < -0.4 is 9.47 Å². The van der Waals surface area contributed by atoms with E-state index in [1.807, 2.05) is 6.92 Å². The van der Waals surface area contributed by atoms with E-state index in [0.717, 1.165) is 0 Å². The maximum atomic E-state index is 13.4. The molecule has 1 aliphatic heterocycles. The zero-order chi connectivity index (χ0) is 23.4. The molecule has 0 fully saturated rings. The number of esters is 1. The van der Waals surface area contributed by atoms with Gasteiger partial charge in [-0.05, 0) is 60.5 Å². The first-order valence-electron chi connectivity index (χ1n) is 10.1. The van der Waals surface area contributed by atoms with Gasteiger partial charge in [-0.15, -0.1) is 0 Å². The minimum atomic E-state index is -0.606. The van der Waals surface area contributed by atoms with Crippen LogP contribution in [-0.4, -0.2) is 18.5 Å². The predicted molar refractivity (Wildman–Crippen MR) is 125 cm³/mol. The standard InChI is InChI=1S/C25H18Cl2FNO4/c1-2-31-22-13-16(11-20(27)23(22)32-14-15-6-5-7-17(28)10-15)12-21-25(30)33-24(29-21)18-8-3-4-9-19(18)26/h3-13H,2,14H2,1H3/b21-12-. The fourth-order valence-corrected chi connectivity index (χ4v) is 3.66. The molecule has 0 radical (unpaired) electrons. The lowest BCUT2D eigenvalue weighted by Gasteiger charge is -2.14. The second-order valence-corrected chi connectivity index (χ2v) is 7.81. The molecule has 0 aliphatic carbocycles. The number of benzene rings is 3. The second kappa shape index (κ2) is 10.1. The molecule has 0 unspecified atom stereocenters. The molecular weight excluding hydrogens is 468 g/mol. The van der Waals surface area contributed by atoms with Gasteiger partial charge in [0.15, 0.2) is 17.2 Å². The van der Waals surface area contributed by atoms with Gasteiger partial charge in [-0.25, -0.2) is 14.2 Å². The molecule has 33 heavy (non-hydrogen) atoms. The molecule has 1 heterocycles. The highest BCUT2D eigenvalue weighted by Gasteiger charge is 2.26. The van der Waals surface area contributed by atoms with Crippen molar-refractivity contribution in [1.29, 1.82) is 0 Å². The van der Waals surface area contributed by atoms with E-state index in [0.29, 0.717) is 39.8 Å². The van der Waals surface area contributed by atoms with Crippen LogP contribution in [0.2, 0.25) is 10.0 Å². The van der Waals surface area contributed by atoms with Gasteiger partial charge >= 0.3 is 5.97 Å². The number of rotatable bonds is 7. The lowest BCUT2D eigenvalue weighted by molar-refractivity contribution is -0.129. The Bertz CT molecular complexity index is 1270. The van der Waals surface area contributed by atoms with Crippen molar-refractivity contribution in [2.45, 2.75) is 13.5 Å². The molecule has 168 valence electrons. The number of nitrogens with zero attached hydrogens (tertiary/aromatic N) is 1. The van der Waals surface area contributed by atoms with E-state index in [1.165, 1.54) is 18.2 Å². The van der Waals surface area contributed by atoms with Crippen molar-refractivity contribution in [3.05, 3.63) is 98.9 Å². The maximum absolute atomic E-state index is 13.4. The van der Waals surface area contributed by atoms with Crippen LogP contribution in [0.3, 0.4) is 0 Å². The van der Waals surface area contributed by atoms with Gasteiger partial charge in [0.1, 0.15) is 12.4 Å². The fraction of sp³-hybridized carbons (Fsp3) is 0.120. The highest BCUT2D eigenvalue weighted by Crippen LogP contribution is 2.38. The molecule has 5 nitrogen and oxygen atoms in total. The van der Waals surface area contributed by atoms with Gasteiger partial charge in [0.05, 0.1) is 22.2 Å². The summed E-state index contributed by atoms with van der Waals surface area (Å²) >= 11 is 12.6. The van der Waals surface area contributed by atoms with E-state index < -0.39 is 5.97 Å². The van der Waals surface area contributed by atoms with E-state index in [2.05, 4.69) is 4.99 Å². The number of aliphatic imine (C=N–C) groups is 1. The van der Waals surface area contributed by atoms with Crippen molar-refractivity contribution in [1.82, 2.24) is 0 Å². The van der Waals surface area contributed by atoms with E-state index in [-0.39, 0.29) is 29.0 Å².